The molecule has 2 saturated heterocycles. The number of pyridine rings is 1. The summed E-state index contributed by atoms with van der Waals surface area (Å²) in [6.45, 7) is 5.17. The highest BCUT2D eigenvalue weighted by Gasteiger charge is 2.24. The Balaban J connectivity index is 1.33. The van der Waals surface area contributed by atoms with Gasteiger partial charge in [-0.25, -0.2) is 4.79 Å². The Morgan fingerprint density at radius 2 is 2.24 bits per heavy atom. The molecule has 0 bridgehead atoms. The lowest BCUT2D eigenvalue weighted by atomic mass is 10.1. The molecule has 2 aliphatic rings. The fourth-order valence-corrected chi connectivity index (χ4v) is 3.23. The average molecular weight is 348 g/mol. The minimum Gasteiger partial charge on any atom is -0.374 e. The Morgan fingerprint density at radius 3 is 2.96 bits per heavy atom. The molecule has 1 aromatic rings. The predicted octanol–water partition coefficient (Wildman–Crippen LogP) is 1.10. The van der Waals surface area contributed by atoms with E-state index in [1.807, 2.05) is 23.2 Å². The number of carbonyl (C=O) groups is 1. The number of morpholine rings is 1. The number of nitrogens with zero attached hydrogens (tertiary/aromatic N) is 3. The summed E-state index contributed by atoms with van der Waals surface area (Å²) < 4.78 is 11.6. The molecule has 0 radical (unpaired) electrons. The van der Waals surface area contributed by atoms with Crippen LogP contribution in [0.5, 0.6) is 0 Å². The fourth-order valence-electron chi connectivity index (χ4n) is 3.23. The maximum Gasteiger partial charge on any atom is 0.317 e. The molecule has 7 heteroatoms. The number of piperidine rings is 1. The van der Waals surface area contributed by atoms with Gasteiger partial charge in [0.2, 0.25) is 0 Å². The molecule has 1 unspecified atom stereocenters. The van der Waals surface area contributed by atoms with Gasteiger partial charge in [-0.2, -0.15) is 0 Å². The number of rotatable bonds is 5. The maximum atomic E-state index is 12.3. The standard InChI is InChI=1S/C18H28N4O3/c1-21-9-10-24-17(13-21)12-20-18(23)22-7-4-16(5-8-22)25-14-15-3-2-6-19-11-15/h2-3,6,11,16-17H,4-5,7-10,12-14H2,1H3,(H,20,23). The molecule has 3 rings (SSSR count). The van der Waals surface area contributed by atoms with Crippen molar-refractivity contribution >= 4 is 6.03 Å². The number of carbonyl (C=O) groups excluding carboxylic acids is 1. The zero-order valence-corrected chi connectivity index (χ0v) is 14.9. The smallest absolute Gasteiger partial charge is 0.317 e. The third-order valence-corrected chi connectivity index (χ3v) is 4.76. The summed E-state index contributed by atoms with van der Waals surface area (Å²) in [5.74, 6) is 0. The van der Waals surface area contributed by atoms with E-state index in [4.69, 9.17) is 9.47 Å². The first-order chi connectivity index (χ1) is 12.2. The normalized spacial score (nSPS) is 22.8. The lowest BCUT2D eigenvalue weighted by Crippen LogP contribution is -2.50. The number of nitrogens with one attached hydrogen (secondary N) is 1. The van der Waals surface area contributed by atoms with Crippen LogP contribution >= 0.6 is 0 Å². The molecule has 138 valence electrons. The van der Waals surface area contributed by atoms with Gasteiger partial charge in [0.05, 0.1) is 25.4 Å². The molecule has 2 aliphatic heterocycles. The second-order valence-corrected chi connectivity index (χ2v) is 6.80. The number of hydrogen-bond donors (Lipinski definition) is 1. The van der Waals surface area contributed by atoms with Gasteiger partial charge in [-0.1, -0.05) is 6.07 Å². The van der Waals surface area contributed by atoms with Crippen LogP contribution in [0.4, 0.5) is 4.79 Å². The number of urea groups is 1. The number of likely N-dealkylation sites (tertiary alicyclic amines) is 1. The van der Waals surface area contributed by atoms with Gasteiger partial charge in [-0.3, -0.25) is 4.98 Å². The summed E-state index contributed by atoms with van der Waals surface area (Å²) in [5.41, 5.74) is 1.08. The molecule has 25 heavy (non-hydrogen) atoms. The van der Waals surface area contributed by atoms with Gasteiger partial charge in [-0.05, 0) is 31.5 Å². The Bertz CT molecular complexity index is 534. The SMILES string of the molecule is CN1CCOC(CNC(=O)N2CCC(OCc3cccnc3)CC2)C1. The molecule has 1 atom stereocenters. The molecule has 2 amide bonds. The van der Waals surface area contributed by atoms with E-state index in [0.29, 0.717) is 13.2 Å². The Kier molecular flexibility index (Phi) is 6.61. The van der Waals surface area contributed by atoms with Gasteiger partial charge >= 0.3 is 6.03 Å². The van der Waals surface area contributed by atoms with Gasteiger partial charge in [0, 0.05) is 45.1 Å². The van der Waals surface area contributed by atoms with Crippen molar-refractivity contribution in [1.82, 2.24) is 20.1 Å². The van der Waals surface area contributed by atoms with Crippen LogP contribution < -0.4 is 5.32 Å². The van der Waals surface area contributed by atoms with Gasteiger partial charge in [0.1, 0.15) is 0 Å². The van der Waals surface area contributed by atoms with Gasteiger partial charge in [0.15, 0.2) is 0 Å². The molecular formula is C18H28N4O3. The van der Waals surface area contributed by atoms with Crippen LogP contribution in [-0.4, -0.2) is 79.4 Å². The van der Waals surface area contributed by atoms with E-state index in [2.05, 4.69) is 22.2 Å². The third kappa shape index (κ3) is 5.66. The van der Waals surface area contributed by atoms with Crippen molar-refractivity contribution in [3.8, 4) is 0 Å². The molecule has 1 N–H and O–H groups in total. The second-order valence-electron chi connectivity index (χ2n) is 6.80. The van der Waals surface area contributed by atoms with E-state index in [1.54, 1.807) is 6.20 Å². The van der Waals surface area contributed by atoms with E-state index in [0.717, 1.165) is 51.2 Å². The zero-order chi connectivity index (χ0) is 17.5. The van der Waals surface area contributed by atoms with Crippen LogP contribution in [0.1, 0.15) is 18.4 Å². The van der Waals surface area contributed by atoms with Crippen molar-refractivity contribution in [2.24, 2.45) is 0 Å². The molecule has 0 spiro atoms. The second kappa shape index (κ2) is 9.12. The Morgan fingerprint density at radius 1 is 1.40 bits per heavy atom. The lowest BCUT2D eigenvalue weighted by Gasteiger charge is -2.33. The van der Waals surface area contributed by atoms with Crippen molar-refractivity contribution in [3.05, 3.63) is 30.1 Å². The molecule has 0 aliphatic carbocycles. The fraction of sp³-hybridized carbons (Fsp3) is 0.667. The number of likely N-dealkylation sites (N-methyl/N-ethyl adjacent to an activating group) is 1. The van der Waals surface area contributed by atoms with E-state index in [1.165, 1.54) is 0 Å². The van der Waals surface area contributed by atoms with E-state index < -0.39 is 0 Å². The highest BCUT2D eigenvalue weighted by Crippen LogP contribution is 2.15. The van der Waals surface area contributed by atoms with Crippen LogP contribution in [-0.2, 0) is 16.1 Å². The van der Waals surface area contributed by atoms with Crippen LogP contribution in [0.3, 0.4) is 0 Å². The van der Waals surface area contributed by atoms with Gasteiger partial charge in [-0.15, -0.1) is 0 Å². The third-order valence-electron chi connectivity index (χ3n) is 4.76. The summed E-state index contributed by atoms with van der Waals surface area (Å²) in [6.07, 6.45) is 5.62. The lowest BCUT2D eigenvalue weighted by molar-refractivity contribution is -0.0183. The maximum absolute atomic E-state index is 12.3. The number of amides is 2. The van der Waals surface area contributed by atoms with E-state index >= 15 is 0 Å². The Labute approximate surface area is 149 Å². The molecule has 2 fully saturated rings. The van der Waals surface area contributed by atoms with Crippen LogP contribution in [0.15, 0.2) is 24.5 Å². The molecule has 0 aromatic carbocycles. The largest absolute Gasteiger partial charge is 0.374 e. The molecule has 3 heterocycles. The molecule has 1 aromatic heterocycles. The quantitative estimate of drug-likeness (QED) is 0.863. The molecular weight excluding hydrogens is 320 g/mol. The van der Waals surface area contributed by atoms with Crippen molar-refractivity contribution in [2.45, 2.75) is 31.7 Å². The Hall–Kier alpha value is -1.70. The van der Waals surface area contributed by atoms with Crippen LogP contribution in [0, 0.1) is 0 Å². The highest BCUT2D eigenvalue weighted by molar-refractivity contribution is 5.74. The predicted molar refractivity (Wildman–Crippen MR) is 94.3 cm³/mol. The number of aromatic nitrogens is 1. The van der Waals surface area contributed by atoms with Crippen LogP contribution in [0.25, 0.3) is 0 Å². The van der Waals surface area contributed by atoms with Crippen molar-refractivity contribution < 1.29 is 14.3 Å². The van der Waals surface area contributed by atoms with Crippen molar-refractivity contribution in [1.29, 1.82) is 0 Å². The minimum absolute atomic E-state index is 0.00235. The first-order valence-electron chi connectivity index (χ1n) is 9.04. The highest BCUT2D eigenvalue weighted by atomic mass is 16.5. The first kappa shape index (κ1) is 18.1. The monoisotopic (exact) mass is 348 g/mol. The topological polar surface area (TPSA) is 66.9 Å². The molecule has 0 saturated carbocycles. The number of hydrogen-bond acceptors (Lipinski definition) is 5. The summed E-state index contributed by atoms with van der Waals surface area (Å²) >= 11 is 0. The minimum atomic E-state index is 0.00235. The average Bonchev–Trinajstić information content (AvgIpc) is 2.66. The zero-order valence-electron chi connectivity index (χ0n) is 14.9. The first-order valence-corrected chi connectivity index (χ1v) is 9.04. The molecule has 7 nitrogen and oxygen atoms in total. The van der Waals surface area contributed by atoms with Crippen molar-refractivity contribution in [3.63, 3.8) is 0 Å². The van der Waals surface area contributed by atoms with Gasteiger partial charge < -0.3 is 24.6 Å². The number of ether oxygens (including phenoxy) is 2. The summed E-state index contributed by atoms with van der Waals surface area (Å²) in [4.78, 5) is 20.5. The van der Waals surface area contributed by atoms with E-state index in [-0.39, 0.29) is 18.2 Å². The summed E-state index contributed by atoms with van der Waals surface area (Å²) in [5, 5.41) is 3.00. The van der Waals surface area contributed by atoms with E-state index in [9.17, 15) is 4.79 Å². The summed E-state index contributed by atoms with van der Waals surface area (Å²) in [6, 6.07) is 3.93. The van der Waals surface area contributed by atoms with Crippen molar-refractivity contribution in [2.75, 3.05) is 46.4 Å². The van der Waals surface area contributed by atoms with Crippen LogP contribution in [0.2, 0.25) is 0 Å². The summed E-state index contributed by atoms with van der Waals surface area (Å²) in [7, 11) is 2.08. The van der Waals surface area contributed by atoms with Gasteiger partial charge in [0.25, 0.3) is 0 Å².